The number of hydrogen-bond acceptors (Lipinski definition) is 3. The Morgan fingerprint density at radius 1 is 1.29 bits per heavy atom. The van der Waals surface area contributed by atoms with Crippen molar-refractivity contribution in [2.45, 2.75) is 32.6 Å². The van der Waals surface area contributed by atoms with E-state index in [1.807, 2.05) is 19.1 Å². The maximum Gasteiger partial charge on any atom is 0.149 e. The molecule has 3 heteroatoms. The zero-order chi connectivity index (χ0) is 11.8. The lowest BCUT2D eigenvalue weighted by atomic mass is 9.98. The SMILES string of the molecule is Cc1ccc(N)c(NCC(C2CC2)C2CC2)n1. The van der Waals surface area contributed by atoms with Gasteiger partial charge >= 0.3 is 0 Å². The summed E-state index contributed by atoms with van der Waals surface area (Å²) in [5.74, 6) is 3.68. The number of rotatable bonds is 5. The number of anilines is 2. The Morgan fingerprint density at radius 3 is 2.53 bits per heavy atom. The van der Waals surface area contributed by atoms with E-state index in [-0.39, 0.29) is 0 Å². The molecule has 2 aliphatic rings. The van der Waals surface area contributed by atoms with Crippen LogP contribution in [0.3, 0.4) is 0 Å². The van der Waals surface area contributed by atoms with Gasteiger partial charge in [-0.15, -0.1) is 0 Å². The number of nitrogen functional groups attached to an aromatic ring is 1. The Bertz CT molecular complexity index is 396. The van der Waals surface area contributed by atoms with E-state index in [1.54, 1.807) is 0 Å². The Kier molecular flexibility index (Phi) is 2.69. The van der Waals surface area contributed by atoms with E-state index in [0.717, 1.165) is 41.5 Å². The molecular formula is C14H21N3. The van der Waals surface area contributed by atoms with Crippen molar-refractivity contribution in [1.82, 2.24) is 4.98 Å². The zero-order valence-electron chi connectivity index (χ0n) is 10.4. The first-order valence-corrected chi connectivity index (χ1v) is 6.71. The molecule has 0 aliphatic heterocycles. The van der Waals surface area contributed by atoms with Crippen LogP contribution in [-0.2, 0) is 0 Å². The molecule has 3 nitrogen and oxygen atoms in total. The van der Waals surface area contributed by atoms with Crippen LogP contribution >= 0.6 is 0 Å². The number of nitrogens with two attached hydrogens (primary N) is 1. The topological polar surface area (TPSA) is 50.9 Å². The summed E-state index contributed by atoms with van der Waals surface area (Å²) >= 11 is 0. The van der Waals surface area contributed by atoms with Crippen molar-refractivity contribution in [1.29, 1.82) is 0 Å². The summed E-state index contributed by atoms with van der Waals surface area (Å²) < 4.78 is 0. The van der Waals surface area contributed by atoms with Crippen LogP contribution in [0.2, 0.25) is 0 Å². The summed E-state index contributed by atoms with van der Waals surface area (Å²) in [4.78, 5) is 4.47. The summed E-state index contributed by atoms with van der Waals surface area (Å²) in [7, 11) is 0. The maximum absolute atomic E-state index is 5.93. The molecule has 0 radical (unpaired) electrons. The van der Waals surface area contributed by atoms with Gasteiger partial charge in [0.05, 0.1) is 5.69 Å². The average molecular weight is 231 g/mol. The quantitative estimate of drug-likeness (QED) is 0.819. The van der Waals surface area contributed by atoms with Crippen LogP contribution in [0.25, 0.3) is 0 Å². The largest absolute Gasteiger partial charge is 0.396 e. The van der Waals surface area contributed by atoms with Gasteiger partial charge in [0.1, 0.15) is 5.82 Å². The number of hydrogen-bond donors (Lipinski definition) is 2. The van der Waals surface area contributed by atoms with Crippen molar-refractivity contribution in [2.24, 2.45) is 17.8 Å². The van der Waals surface area contributed by atoms with E-state index in [1.165, 1.54) is 25.7 Å². The van der Waals surface area contributed by atoms with Gasteiger partial charge in [0.25, 0.3) is 0 Å². The first kappa shape index (κ1) is 10.9. The Balaban J connectivity index is 1.63. The molecule has 0 unspecified atom stereocenters. The molecule has 1 aromatic heterocycles. The van der Waals surface area contributed by atoms with Gasteiger partial charge in [0, 0.05) is 12.2 Å². The molecule has 1 aromatic rings. The molecule has 0 saturated heterocycles. The molecule has 17 heavy (non-hydrogen) atoms. The van der Waals surface area contributed by atoms with Gasteiger partial charge in [-0.05, 0) is 62.5 Å². The highest BCUT2D eigenvalue weighted by Crippen LogP contribution is 2.49. The number of nitrogens with one attached hydrogen (secondary N) is 1. The van der Waals surface area contributed by atoms with Crippen LogP contribution < -0.4 is 11.1 Å². The predicted molar refractivity (Wildman–Crippen MR) is 70.8 cm³/mol. The fourth-order valence-corrected chi connectivity index (χ4v) is 2.69. The molecule has 2 saturated carbocycles. The van der Waals surface area contributed by atoms with Gasteiger partial charge in [-0.25, -0.2) is 4.98 Å². The second-order valence-electron chi connectivity index (χ2n) is 5.61. The maximum atomic E-state index is 5.93. The number of aromatic nitrogens is 1. The van der Waals surface area contributed by atoms with Gasteiger partial charge in [0.2, 0.25) is 0 Å². The second-order valence-corrected chi connectivity index (χ2v) is 5.61. The monoisotopic (exact) mass is 231 g/mol. The molecule has 0 aromatic carbocycles. The average Bonchev–Trinajstić information content (AvgIpc) is 3.14. The Morgan fingerprint density at radius 2 is 1.94 bits per heavy atom. The third-order valence-electron chi connectivity index (χ3n) is 4.03. The van der Waals surface area contributed by atoms with Crippen LogP contribution in [0.5, 0.6) is 0 Å². The van der Waals surface area contributed by atoms with E-state index in [0.29, 0.717) is 0 Å². The third-order valence-corrected chi connectivity index (χ3v) is 4.03. The molecule has 2 aliphatic carbocycles. The highest BCUT2D eigenvalue weighted by molar-refractivity contribution is 5.61. The van der Waals surface area contributed by atoms with Crippen molar-refractivity contribution in [3.63, 3.8) is 0 Å². The van der Waals surface area contributed by atoms with Crippen LogP contribution in [-0.4, -0.2) is 11.5 Å². The van der Waals surface area contributed by atoms with E-state index in [9.17, 15) is 0 Å². The molecule has 0 amide bonds. The van der Waals surface area contributed by atoms with Crippen molar-refractivity contribution >= 4 is 11.5 Å². The zero-order valence-corrected chi connectivity index (χ0v) is 10.4. The van der Waals surface area contributed by atoms with Gasteiger partial charge in [-0.3, -0.25) is 0 Å². The number of pyridine rings is 1. The minimum Gasteiger partial charge on any atom is -0.396 e. The lowest BCUT2D eigenvalue weighted by molar-refractivity contribution is 0.428. The molecule has 0 atom stereocenters. The van der Waals surface area contributed by atoms with Gasteiger partial charge in [0.15, 0.2) is 0 Å². The third kappa shape index (κ3) is 2.54. The molecule has 3 rings (SSSR count). The van der Waals surface area contributed by atoms with Crippen LogP contribution in [0, 0.1) is 24.7 Å². The Labute approximate surface area is 103 Å². The standard InChI is InChI=1S/C14H21N3/c1-9-2-7-13(15)14(17-9)16-8-12(10-3-4-10)11-5-6-11/h2,7,10-12H,3-6,8,15H2,1H3,(H,16,17). The summed E-state index contributed by atoms with van der Waals surface area (Å²) in [6.07, 6.45) is 5.72. The van der Waals surface area contributed by atoms with Gasteiger partial charge in [-0.1, -0.05) is 0 Å². The lowest BCUT2D eigenvalue weighted by Gasteiger charge is -2.17. The molecule has 3 N–H and O–H groups in total. The van der Waals surface area contributed by atoms with E-state index in [4.69, 9.17) is 5.73 Å². The molecule has 0 spiro atoms. The fourth-order valence-electron chi connectivity index (χ4n) is 2.69. The minimum absolute atomic E-state index is 0.765. The normalized spacial score (nSPS) is 19.6. The van der Waals surface area contributed by atoms with Gasteiger partial charge in [-0.2, -0.15) is 0 Å². The highest BCUT2D eigenvalue weighted by atomic mass is 15.0. The molecule has 92 valence electrons. The lowest BCUT2D eigenvalue weighted by Crippen LogP contribution is -2.19. The fraction of sp³-hybridized carbons (Fsp3) is 0.643. The van der Waals surface area contributed by atoms with Crippen molar-refractivity contribution in [3.05, 3.63) is 17.8 Å². The van der Waals surface area contributed by atoms with E-state index in [2.05, 4.69) is 10.3 Å². The summed E-state index contributed by atoms with van der Waals surface area (Å²) in [5, 5.41) is 3.46. The molecular weight excluding hydrogens is 210 g/mol. The van der Waals surface area contributed by atoms with Crippen LogP contribution in [0.1, 0.15) is 31.4 Å². The molecule has 2 fully saturated rings. The highest BCUT2D eigenvalue weighted by Gasteiger charge is 2.41. The molecule has 1 heterocycles. The van der Waals surface area contributed by atoms with E-state index < -0.39 is 0 Å². The Hall–Kier alpha value is -1.25. The number of nitrogens with zero attached hydrogens (tertiary/aromatic N) is 1. The van der Waals surface area contributed by atoms with E-state index >= 15 is 0 Å². The first-order chi connectivity index (χ1) is 8.24. The minimum atomic E-state index is 0.765. The summed E-state index contributed by atoms with van der Waals surface area (Å²) in [6, 6.07) is 3.90. The second kappa shape index (κ2) is 4.21. The van der Waals surface area contributed by atoms with Crippen molar-refractivity contribution < 1.29 is 0 Å². The van der Waals surface area contributed by atoms with Crippen LogP contribution in [0.15, 0.2) is 12.1 Å². The van der Waals surface area contributed by atoms with Crippen molar-refractivity contribution in [2.75, 3.05) is 17.6 Å². The smallest absolute Gasteiger partial charge is 0.149 e. The van der Waals surface area contributed by atoms with Gasteiger partial charge < -0.3 is 11.1 Å². The van der Waals surface area contributed by atoms with Crippen molar-refractivity contribution in [3.8, 4) is 0 Å². The molecule has 0 bridgehead atoms. The predicted octanol–water partition coefficient (Wildman–Crippen LogP) is 2.82. The first-order valence-electron chi connectivity index (χ1n) is 6.71. The number of aryl methyl sites for hydroxylation is 1. The summed E-state index contributed by atoms with van der Waals surface area (Å²) in [5.41, 5.74) is 7.72. The summed E-state index contributed by atoms with van der Waals surface area (Å²) in [6.45, 7) is 3.06. The van der Waals surface area contributed by atoms with Crippen LogP contribution in [0.4, 0.5) is 11.5 Å².